The van der Waals surface area contributed by atoms with Gasteiger partial charge in [-0.2, -0.15) is 0 Å². The zero-order chi connectivity index (χ0) is 17.2. The fraction of sp³-hybridized carbons (Fsp3) is 0.778. The van der Waals surface area contributed by atoms with E-state index in [0.29, 0.717) is 13.1 Å². The van der Waals surface area contributed by atoms with Crippen LogP contribution in [0.3, 0.4) is 0 Å². The van der Waals surface area contributed by atoms with Crippen molar-refractivity contribution < 1.29 is 10.2 Å². The predicted octanol–water partition coefficient (Wildman–Crippen LogP) is 1.96. The second kappa shape index (κ2) is 6.84. The Labute approximate surface area is 144 Å². The van der Waals surface area contributed by atoms with Crippen LogP contribution in [0.1, 0.15) is 51.4 Å². The summed E-state index contributed by atoms with van der Waals surface area (Å²) in [6.45, 7) is 1.19. The first-order chi connectivity index (χ1) is 11.4. The molecule has 0 radical (unpaired) electrons. The third-order valence-corrected chi connectivity index (χ3v) is 5.55. The maximum Gasteiger partial charge on any atom is 0.133 e. The molecule has 2 aliphatic carbocycles. The lowest BCUT2D eigenvalue weighted by Crippen LogP contribution is -2.40. The minimum Gasteiger partial charge on any atom is -0.388 e. The number of nitrogens with zero attached hydrogens (tertiary/aromatic N) is 4. The van der Waals surface area contributed by atoms with Gasteiger partial charge in [0.05, 0.1) is 11.2 Å². The van der Waals surface area contributed by atoms with E-state index in [1.807, 2.05) is 30.0 Å². The lowest BCUT2D eigenvalue weighted by Gasteiger charge is -2.31. The van der Waals surface area contributed by atoms with Crippen molar-refractivity contribution in [3.8, 4) is 0 Å². The minimum absolute atomic E-state index is 0.592. The first-order valence-corrected chi connectivity index (χ1v) is 9.08. The summed E-state index contributed by atoms with van der Waals surface area (Å²) in [6.07, 6.45) is 9.41. The molecule has 2 saturated carbocycles. The number of likely N-dealkylation sites (N-methyl/N-ethyl adjacent to an activating group) is 2. The quantitative estimate of drug-likeness (QED) is 0.828. The van der Waals surface area contributed by atoms with Crippen LogP contribution in [0.15, 0.2) is 12.4 Å². The molecule has 2 fully saturated rings. The van der Waals surface area contributed by atoms with Crippen molar-refractivity contribution in [3.05, 3.63) is 12.4 Å². The minimum atomic E-state index is -0.592. The van der Waals surface area contributed by atoms with Crippen LogP contribution < -0.4 is 9.80 Å². The van der Waals surface area contributed by atoms with Crippen LogP contribution in [0.5, 0.6) is 0 Å². The molecule has 0 aromatic carbocycles. The number of aliphatic hydroxyl groups is 2. The molecular formula is C18H30N4O2. The first-order valence-electron chi connectivity index (χ1n) is 9.08. The summed E-state index contributed by atoms with van der Waals surface area (Å²) in [5, 5.41) is 21.2. The first kappa shape index (κ1) is 17.4. The van der Waals surface area contributed by atoms with Crippen LogP contribution in [-0.2, 0) is 0 Å². The summed E-state index contributed by atoms with van der Waals surface area (Å²) in [7, 11) is 3.93. The maximum atomic E-state index is 10.6. The highest BCUT2D eigenvalue weighted by Gasteiger charge is 2.34. The van der Waals surface area contributed by atoms with E-state index in [-0.39, 0.29) is 0 Å². The molecule has 0 amide bonds. The van der Waals surface area contributed by atoms with Gasteiger partial charge in [-0.15, -0.1) is 0 Å². The molecule has 3 rings (SSSR count). The molecule has 1 aromatic heterocycles. The van der Waals surface area contributed by atoms with E-state index >= 15 is 0 Å². The molecule has 0 atom stereocenters. The summed E-state index contributed by atoms with van der Waals surface area (Å²) in [4.78, 5) is 12.7. The molecule has 134 valence electrons. The van der Waals surface area contributed by atoms with E-state index in [1.165, 1.54) is 0 Å². The zero-order valence-corrected chi connectivity index (χ0v) is 14.9. The third-order valence-electron chi connectivity index (χ3n) is 5.55. The molecule has 0 aliphatic heterocycles. The number of anilines is 2. The molecule has 0 spiro atoms. The lowest BCUT2D eigenvalue weighted by atomic mass is 10.0. The van der Waals surface area contributed by atoms with Crippen LogP contribution in [0.25, 0.3) is 0 Å². The van der Waals surface area contributed by atoms with Gasteiger partial charge in [0.2, 0.25) is 0 Å². The Morgan fingerprint density at radius 2 is 1.21 bits per heavy atom. The van der Waals surface area contributed by atoms with Gasteiger partial charge >= 0.3 is 0 Å². The Bertz CT molecular complexity index is 508. The number of aromatic nitrogens is 2. The van der Waals surface area contributed by atoms with E-state index in [4.69, 9.17) is 0 Å². The second-order valence-electron chi connectivity index (χ2n) is 7.81. The monoisotopic (exact) mass is 334 g/mol. The Morgan fingerprint density at radius 1 is 0.833 bits per heavy atom. The molecule has 2 aliphatic rings. The molecule has 2 N–H and O–H groups in total. The van der Waals surface area contributed by atoms with E-state index in [9.17, 15) is 10.2 Å². The Kier molecular flexibility index (Phi) is 4.97. The van der Waals surface area contributed by atoms with Gasteiger partial charge in [-0.05, 0) is 25.7 Å². The van der Waals surface area contributed by atoms with Gasteiger partial charge in [-0.3, -0.25) is 0 Å². The average Bonchev–Trinajstić information content (AvgIpc) is 3.16. The van der Waals surface area contributed by atoms with Crippen LogP contribution in [0.4, 0.5) is 11.6 Å². The van der Waals surface area contributed by atoms with Gasteiger partial charge < -0.3 is 20.0 Å². The van der Waals surface area contributed by atoms with Gasteiger partial charge in [0, 0.05) is 33.3 Å². The number of rotatable bonds is 6. The largest absolute Gasteiger partial charge is 0.388 e. The van der Waals surface area contributed by atoms with E-state index in [1.54, 1.807) is 6.33 Å². The molecular weight excluding hydrogens is 304 g/mol. The Hall–Kier alpha value is -1.40. The van der Waals surface area contributed by atoms with Gasteiger partial charge in [0.15, 0.2) is 0 Å². The molecule has 1 aromatic rings. The number of hydrogen-bond acceptors (Lipinski definition) is 6. The smallest absolute Gasteiger partial charge is 0.133 e. The molecule has 0 bridgehead atoms. The van der Waals surface area contributed by atoms with Gasteiger partial charge in [-0.25, -0.2) is 9.97 Å². The predicted molar refractivity (Wildman–Crippen MR) is 95.4 cm³/mol. The second-order valence-corrected chi connectivity index (χ2v) is 7.81. The fourth-order valence-corrected chi connectivity index (χ4v) is 4.18. The Balaban J connectivity index is 1.66. The summed E-state index contributed by atoms with van der Waals surface area (Å²) >= 11 is 0. The van der Waals surface area contributed by atoms with Crippen molar-refractivity contribution in [3.63, 3.8) is 0 Å². The van der Waals surface area contributed by atoms with Crippen molar-refractivity contribution in [2.45, 2.75) is 62.6 Å². The molecule has 6 heteroatoms. The maximum absolute atomic E-state index is 10.6. The van der Waals surface area contributed by atoms with Crippen LogP contribution in [0, 0.1) is 0 Å². The molecule has 24 heavy (non-hydrogen) atoms. The highest BCUT2D eigenvalue weighted by molar-refractivity contribution is 5.49. The van der Waals surface area contributed by atoms with E-state index < -0.39 is 11.2 Å². The van der Waals surface area contributed by atoms with Crippen LogP contribution >= 0.6 is 0 Å². The Morgan fingerprint density at radius 3 is 1.58 bits per heavy atom. The number of hydrogen-bond donors (Lipinski definition) is 2. The topological polar surface area (TPSA) is 72.7 Å². The van der Waals surface area contributed by atoms with Crippen molar-refractivity contribution >= 4 is 11.6 Å². The summed E-state index contributed by atoms with van der Waals surface area (Å²) in [6, 6.07) is 1.94. The standard InChI is InChI=1S/C18H30N4O2/c1-21(12-17(23)7-3-4-8-17)15-11-16(20-14-19-15)22(2)13-18(24)9-5-6-10-18/h11,14,23-24H,3-10,12-13H2,1-2H3. The summed E-state index contributed by atoms with van der Waals surface area (Å²) < 4.78 is 0. The zero-order valence-electron chi connectivity index (χ0n) is 14.9. The summed E-state index contributed by atoms with van der Waals surface area (Å²) in [5.41, 5.74) is -1.18. The highest BCUT2D eigenvalue weighted by atomic mass is 16.3. The molecule has 1 heterocycles. The van der Waals surface area contributed by atoms with Crippen molar-refractivity contribution in [2.75, 3.05) is 37.0 Å². The van der Waals surface area contributed by atoms with Crippen molar-refractivity contribution in [2.24, 2.45) is 0 Å². The summed E-state index contributed by atoms with van der Waals surface area (Å²) in [5.74, 6) is 1.62. The van der Waals surface area contributed by atoms with Gasteiger partial charge in [-0.1, -0.05) is 25.7 Å². The van der Waals surface area contributed by atoms with Crippen molar-refractivity contribution in [1.82, 2.24) is 9.97 Å². The van der Waals surface area contributed by atoms with Gasteiger partial charge in [0.1, 0.15) is 18.0 Å². The average molecular weight is 334 g/mol. The lowest BCUT2D eigenvalue weighted by molar-refractivity contribution is 0.0555. The van der Waals surface area contributed by atoms with Crippen LogP contribution in [0.2, 0.25) is 0 Å². The normalized spacial score (nSPS) is 21.8. The highest BCUT2D eigenvalue weighted by Crippen LogP contribution is 2.32. The van der Waals surface area contributed by atoms with Crippen LogP contribution in [-0.4, -0.2) is 58.6 Å². The van der Waals surface area contributed by atoms with Gasteiger partial charge in [0.25, 0.3) is 0 Å². The molecule has 0 saturated heterocycles. The molecule has 6 nitrogen and oxygen atoms in total. The van der Waals surface area contributed by atoms with E-state index in [2.05, 4.69) is 9.97 Å². The van der Waals surface area contributed by atoms with E-state index in [0.717, 1.165) is 63.0 Å². The SMILES string of the molecule is CN(CC1(O)CCCC1)c1cc(N(C)CC2(O)CCCC2)ncn1. The fourth-order valence-electron chi connectivity index (χ4n) is 4.18. The van der Waals surface area contributed by atoms with Crippen molar-refractivity contribution in [1.29, 1.82) is 0 Å². The third kappa shape index (κ3) is 3.98. The molecule has 0 unspecified atom stereocenters.